The zero-order chi connectivity index (χ0) is 7.56. The van der Waals surface area contributed by atoms with Crippen molar-refractivity contribution in [2.24, 2.45) is 5.92 Å². The fourth-order valence-corrected chi connectivity index (χ4v) is 0.703. The largest absolute Gasteiger partial charge is 0.479 e. The maximum absolute atomic E-state index is 10.1. The quantitative estimate of drug-likeness (QED) is 0.492. The van der Waals surface area contributed by atoms with Crippen LogP contribution in [-0.4, -0.2) is 35.5 Å². The van der Waals surface area contributed by atoms with Gasteiger partial charge in [-0.1, -0.05) is 0 Å². The van der Waals surface area contributed by atoms with E-state index in [1.54, 1.807) is 0 Å². The smallest absolute Gasteiger partial charge is 0.333 e. The molecular weight excluding hydrogens is 140 g/mol. The van der Waals surface area contributed by atoms with Crippen LogP contribution in [0.15, 0.2) is 0 Å². The molecule has 0 aliphatic carbocycles. The van der Waals surface area contributed by atoms with E-state index in [0.29, 0.717) is 0 Å². The molecule has 1 aliphatic heterocycles. The third kappa shape index (κ3) is 1.44. The summed E-state index contributed by atoms with van der Waals surface area (Å²) >= 11 is 0. The van der Waals surface area contributed by atoms with Gasteiger partial charge < -0.3 is 10.2 Å². The van der Waals surface area contributed by atoms with Gasteiger partial charge in [0.25, 0.3) is 0 Å². The van der Waals surface area contributed by atoms with Gasteiger partial charge in [-0.25, -0.2) is 14.6 Å². The van der Waals surface area contributed by atoms with Crippen LogP contribution in [0.25, 0.3) is 0 Å². The number of hydrogen-bond acceptors (Lipinski definition) is 4. The summed E-state index contributed by atoms with van der Waals surface area (Å²) in [4.78, 5) is 18.9. The molecule has 0 saturated carbocycles. The van der Waals surface area contributed by atoms with Crippen molar-refractivity contribution in [3.05, 3.63) is 0 Å². The topological polar surface area (TPSA) is 76.0 Å². The number of aliphatic carboxylic acids is 1. The van der Waals surface area contributed by atoms with Gasteiger partial charge in [0.15, 0.2) is 6.10 Å². The number of hydrogen-bond donors (Lipinski definition) is 2. The van der Waals surface area contributed by atoms with Crippen LogP contribution in [0.1, 0.15) is 0 Å². The van der Waals surface area contributed by atoms with E-state index in [1.807, 2.05) is 0 Å². The van der Waals surface area contributed by atoms with Crippen LogP contribution in [0.5, 0.6) is 0 Å². The molecule has 1 rings (SSSR count). The van der Waals surface area contributed by atoms with Crippen molar-refractivity contribution in [3.8, 4) is 0 Å². The fraction of sp³-hybridized carbons (Fsp3) is 0.800. The predicted molar refractivity (Wildman–Crippen MR) is 29.0 cm³/mol. The Morgan fingerprint density at radius 1 is 1.50 bits per heavy atom. The number of carbonyl (C=O) groups is 1. The maximum Gasteiger partial charge on any atom is 0.333 e. The number of carboxylic acids is 1. The molecule has 1 fully saturated rings. The van der Waals surface area contributed by atoms with Gasteiger partial charge in [-0.05, 0) is 0 Å². The molecule has 0 radical (unpaired) electrons. The third-order valence-corrected chi connectivity index (χ3v) is 1.35. The van der Waals surface area contributed by atoms with Crippen LogP contribution in [0, 0.1) is 5.92 Å². The van der Waals surface area contributed by atoms with Crippen molar-refractivity contribution < 1.29 is 24.8 Å². The van der Waals surface area contributed by atoms with Crippen LogP contribution in [-0.2, 0) is 14.6 Å². The van der Waals surface area contributed by atoms with E-state index in [9.17, 15) is 4.79 Å². The van der Waals surface area contributed by atoms with E-state index in [1.165, 1.54) is 0 Å². The Labute approximate surface area is 57.1 Å². The summed E-state index contributed by atoms with van der Waals surface area (Å²) in [6, 6.07) is 0. The summed E-state index contributed by atoms with van der Waals surface area (Å²) in [5, 5.41) is 17.1. The molecular formula is C5H8O5. The van der Waals surface area contributed by atoms with E-state index >= 15 is 0 Å². The van der Waals surface area contributed by atoms with Gasteiger partial charge >= 0.3 is 5.97 Å². The first-order valence-electron chi connectivity index (χ1n) is 2.87. The number of aliphatic hydroxyl groups excluding tert-OH is 1. The van der Waals surface area contributed by atoms with Crippen molar-refractivity contribution in [3.63, 3.8) is 0 Å². The minimum absolute atomic E-state index is 0.146. The second-order valence-electron chi connectivity index (χ2n) is 2.11. The molecule has 5 nitrogen and oxygen atoms in total. The van der Waals surface area contributed by atoms with Gasteiger partial charge in [-0.15, -0.1) is 0 Å². The summed E-state index contributed by atoms with van der Waals surface area (Å²) in [5.74, 6) is -1.67. The van der Waals surface area contributed by atoms with Gasteiger partial charge in [-0.2, -0.15) is 0 Å². The van der Waals surface area contributed by atoms with Gasteiger partial charge in [-0.3, -0.25) is 0 Å². The molecule has 0 amide bonds. The van der Waals surface area contributed by atoms with E-state index < -0.39 is 18.0 Å². The van der Waals surface area contributed by atoms with E-state index in [-0.39, 0.29) is 13.2 Å². The highest BCUT2D eigenvalue weighted by Gasteiger charge is 2.30. The number of carboxylic acid groups (broad SMARTS) is 1. The number of aliphatic hydroxyl groups is 1. The van der Waals surface area contributed by atoms with Crippen molar-refractivity contribution in [1.82, 2.24) is 0 Å². The van der Waals surface area contributed by atoms with Crippen LogP contribution >= 0.6 is 0 Å². The summed E-state index contributed by atoms with van der Waals surface area (Å²) in [7, 11) is 0. The SMILES string of the molecule is O=C(O)C(O)C1COOC1. The summed E-state index contributed by atoms with van der Waals surface area (Å²) in [6.07, 6.45) is -1.37. The van der Waals surface area contributed by atoms with E-state index in [4.69, 9.17) is 10.2 Å². The first-order valence-corrected chi connectivity index (χ1v) is 2.87. The lowest BCUT2D eigenvalue weighted by molar-refractivity contribution is -0.248. The normalized spacial score (nSPS) is 22.9. The van der Waals surface area contributed by atoms with Gasteiger partial charge in [0.2, 0.25) is 0 Å². The zero-order valence-electron chi connectivity index (χ0n) is 5.19. The van der Waals surface area contributed by atoms with E-state index in [0.717, 1.165) is 0 Å². The minimum Gasteiger partial charge on any atom is -0.479 e. The molecule has 0 aromatic rings. The summed E-state index contributed by atoms with van der Waals surface area (Å²) in [6.45, 7) is 0.293. The Balaban J connectivity index is 2.39. The predicted octanol–water partition coefficient (Wildman–Crippen LogP) is -0.990. The molecule has 0 spiro atoms. The van der Waals surface area contributed by atoms with Crippen molar-refractivity contribution in [1.29, 1.82) is 0 Å². The average Bonchev–Trinajstić information content (AvgIpc) is 2.36. The van der Waals surface area contributed by atoms with Crippen LogP contribution in [0.4, 0.5) is 0 Å². The van der Waals surface area contributed by atoms with Gasteiger partial charge in [0.05, 0.1) is 13.2 Å². The fourth-order valence-electron chi connectivity index (χ4n) is 0.703. The van der Waals surface area contributed by atoms with Crippen molar-refractivity contribution >= 4 is 5.97 Å². The molecule has 1 saturated heterocycles. The zero-order valence-corrected chi connectivity index (χ0v) is 5.19. The van der Waals surface area contributed by atoms with E-state index in [2.05, 4.69) is 9.78 Å². The molecule has 5 heteroatoms. The molecule has 10 heavy (non-hydrogen) atoms. The van der Waals surface area contributed by atoms with Gasteiger partial charge in [0.1, 0.15) is 0 Å². The Morgan fingerprint density at radius 2 is 2.00 bits per heavy atom. The average molecular weight is 148 g/mol. The Hall–Kier alpha value is -0.650. The standard InChI is InChI=1S/C5H8O5/c6-4(5(7)8)3-1-9-10-2-3/h3-4,6H,1-2H2,(H,7,8). The van der Waals surface area contributed by atoms with Gasteiger partial charge in [0, 0.05) is 5.92 Å². The first kappa shape index (κ1) is 7.46. The Morgan fingerprint density at radius 3 is 2.40 bits per heavy atom. The minimum atomic E-state index is -1.37. The second-order valence-corrected chi connectivity index (χ2v) is 2.11. The van der Waals surface area contributed by atoms with Crippen LogP contribution < -0.4 is 0 Å². The van der Waals surface area contributed by atoms with Crippen LogP contribution in [0.2, 0.25) is 0 Å². The molecule has 58 valence electrons. The summed E-state index contributed by atoms with van der Waals surface area (Å²) < 4.78 is 0. The Bertz CT molecular complexity index is 128. The second kappa shape index (κ2) is 2.96. The van der Waals surface area contributed by atoms with Crippen LogP contribution in [0.3, 0.4) is 0 Å². The highest BCUT2D eigenvalue weighted by molar-refractivity contribution is 5.72. The first-order chi connectivity index (χ1) is 4.72. The molecule has 0 aromatic carbocycles. The maximum atomic E-state index is 10.1. The van der Waals surface area contributed by atoms with Crippen molar-refractivity contribution in [2.45, 2.75) is 6.10 Å². The number of rotatable bonds is 2. The monoisotopic (exact) mass is 148 g/mol. The molecule has 1 aliphatic rings. The highest BCUT2D eigenvalue weighted by atomic mass is 17.2. The lowest BCUT2D eigenvalue weighted by atomic mass is 10.1. The molecule has 1 atom stereocenters. The third-order valence-electron chi connectivity index (χ3n) is 1.35. The highest BCUT2D eigenvalue weighted by Crippen LogP contribution is 2.12. The molecule has 0 aromatic heterocycles. The Kier molecular flexibility index (Phi) is 2.21. The molecule has 0 bridgehead atoms. The van der Waals surface area contributed by atoms with Crippen molar-refractivity contribution in [2.75, 3.05) is 13.2 Å². The molecule has 1 heterocycles. The lowest BCUT2D eigenvalue weighted by Crippen LogP contribution is -2.31. The molecule has 2 N–H and O–H groups in total. The summed E-state index contributed by atoms with van der Waals surface area (Å²) in [5.41, 5.74) is 0. The lowest BCUT2D eigenvalue weighted by Gasteiger charge is -2.07. The molecule has 1 unspecified atom stereocenters.